The number of benzene rings is 2. The molecule has 2 aromatic carbocycles. The minimum Gasteiger partial charge on any atom is -0.496 e. The van der Waals surface area contributed by atoms with Crippen molar-refractivity contribution in [2.45, 2.75) is 19.5 Å². The lowest BCUT2D eigenvalue weighted by molar-refractivity contribution is -0.124. The van der Waals surface area contributed by atoms with Gasteiger partial charge in [0.1, 0.15) is 11.8 Å². The molecule has 3 rings (SSSR count). The minimum absolute atomic E-state index is 0.212. The molecule has 1 N–H and O–H groups in total. The van der Waals surface area contributed by atoms with Gasteiger partial charge in [-0.15, -0.1) is 10.2 Å². The van der Waals surface area contributed by atoms with Gasteiger partial charge in [0.25, 0.3) is 0 Å². The highest BCUT2D eigenvalue weighted by Gasteiger charge is 2.19. The first-order chi connectivity index (χ1) is 12.6. The lowest BCUT2D eigenvalue weighted by Crippen LogP contribution is -2.31. The quantitative estimate of drug-likeness (QED) is 0.720. The molecule has 26 heavy (non-hydrogen) atoms. The molecule has 0 aliphatic rings. The molecule has 1 amide bonds. The van der Waals surface area contributed by atoms with Gasteiger partial charge in [-0.3, -0.25) is 4.79 Å². The molecular weight excluding hydrogens is 354 g/mol. The molecule has 7 nitrogen and oxygen atoms in total. The van der Waals surface area contributed by atoms with Crippen LogP contribution in [0.25, 0.3) is 11.4 Å². The molecule has 3 aromatic rings. The molecule has 134 valence electrons. The summed E-state index contributed by atoms with van der Waals surface area (Å²) in [7, 11) is 1.60. The third kappa shape index (κ3) is 4.00. The summed E-state index contributed by atoms with van der Waals surface area (Å²) in [5.41, 5.74) is 1.67. The number of carbonyl (C=O) groups excluding carboxylic acids is 1. The van der Waals surface area contributed by atoms with Crippen LogP contribution >= 0.6 is 11.6 Å². The summed E-state index contributed by atoms with van der Waals surface area (Å²) in [6, 6.07) is 14.0. The number of amides is 1. The first kappa shape index (κ1) is 17.9. The Morgan fingerprint density at radius 2 is 1.96 bits per heavy atom. The van der Waals surface area contributed by atoms with Crippen molar-refractivity contribution in [1.29, 1.82) is 0 Å². The lowest BCUT2D eigenvalue weighted by Gasteiger charge is -2.12. The van der Waals surface area contributed by atoms with E-state index < -0.39 is 6.04 Å². The molecule has 1 atom stereocenters. The number of methoxy groups -OCH3 is 1. The number of tetrazole rings is 1. The summed E-state index contributed by atoms with van der Waals surface area (Å²) in [4.78, 5) is 13.7. The van der Waals surface area contributed by atoms with E-state index in [1.807, 2.05) is 24.3 Å². The standard InChI is InChI=1S/C18H18ClN5O2/c1-12(18(25)20-11-14-5-3-4-6-16(14)26-2)24-22-17(21-23-24)13-7-9-15(19)10-8-13/h3-10,12H,11H2,1-2H3,(H,20,25)/t12-/m0/s1. The van der Waals surface area contributed by atoms with Crippen LogP contribution in [0.15, 0.2) is 48.5 Å². The second-order valence-corrected chi connectivity index (χ2v) is 6.08. The highest BCUT2D eigenvalue weighted by molar-refractivity contribution is 6.30. The molecule has 0 aliphatic carbocycles. The fraction of sp³-hybridized carbons (Fsp3) is 0.222. The number of carbonyl (C=O) groups is 1. The van der Waals surface area contributed by atoms with Gasteiger partial charge < -0.3 is 10.1 Å². The lowest BCUT2D eigenvalue weighted by atomic mass is 10.2. The average Bonchev–Trinajstić information content (AvgIpc) is 3.16. The highest BCUT2D eigenvalue weighted by Crippen LogP contribution is 2.19. The SMILES string of the molecule is COc1ccccc1CNC(=O)[C@H](C)n1nnc(-c2ccc(Cl)cc2)n1. The maximum absolute atomic E-state index is 12.4. The summed E-state index contributed by atoms with van der Waals surface area (Å²) < 4.78 is 5.28. The third-order valence-corrected chi connectivity index (χ3v) is 4.15. The van der Waals surface area contributed by atoms with Crippen molar-refractivity contribution in [2.24, 2.45) is 0 Å². The summed E-state index contributed by atoms with van der Waals surface area (Å²) in [6.45, 7) is 2.07. The number of ether oxygens (including phenoxy) is 1. The normalized spacial score (nSPS) is 11.8. The van der Waals surface area contributed by atoms with Gasteiger partial charge in [-0.1, -0.05) is 29.8 Å². The Balaban J connectivity index is 1.66. The van der Waals surface area contributed by atoms with E-state index in [0.717, 1.165) is 16.9 Å². The molecule has 8 heteroatoms. The van der Waals surface area contributed by atoms with Crippen LogP contribution in [-0.4, -0.2) is 33.2 Å². The third-order valence-electron chi connectivity index (χ3n) is 3.90. The summed E-state index contributed by atoms with van der Waals surface area (Å²) in [5, 5.41) is 15.8. The Morgan fingerprint density at radius 3 is 2.69 bits per heavy atom. The fourth-order valence-electron chi connectivity index (χ4n) is 2.39. The molecule has 1 aromatic heterocycles. The van der Waals surface area contributed by atoms with Crippen molar-refractivity contribution in [3.8, 4) is 17.1 Å². The van der Waals surface area contributed by atoms with E-state index in [1.54, 1.807) is 38.3 Å². The topological polar surface area (TPSA) is 81.9 Å². The van der Waals surface area contributed by atoms with Gasteiger partial charge in [-0.2, -0.15) is 4.80 Å². The van der Waals surface area contributed by atoms with E-state index in [-0.39, 0.29) is 5.91 Å². The smallest absolute Gasteiger partial charge is 0.246 e. The summed E-state index contributed by atoms with van der Waals surface area (Å²) in [5.74, 6) is 0.950. The van der Waals surface area contributed by atoms with E-state index in [0.29, 0.717) is 17.4 Å². The second kappa shape index (κ2) is 7.97. The zero-order chi connectivity index (χ0) is 18.5. The van der Waals surface area contributed by atoms with Crippen LogP contribution in [0.4, 0.5) is 0 Å². The minimum atomic E-state index is -0.599. The van der Waals surface area contributed by atoms with Crippen LogP contribution < -0.4 is 10.1 Å². The Labute approximate surface area is 155 Å². The van der Waals surface area contributed by atoms with Gasteiger partial charge >= 0.3 is 0 Å². The van der Waals surface area contributed by atoms with Gasteiger partial charge in [-0.05, 0) is 42.5 Å². The van der Waals surface area contributed by atoms with Crippen molar-refractivity contribution < 1.29 is 9.53 Å². The van der Waals surface area contributed by atoms with E-state index in [9.17, 15) is 4.79 Å². The zero-order valence-corrected chi connectivity index (χ0v) is 15.1. The molecule has 0 fully saturated rings. The Bertz CT molecular complexity index is 895. The number of hydrogen-bond donors (Lipinski definition) is 1. The van der Waals surface area contributed by atoms with Crippen LogP contribution in [0.1, 0.15) is 18.5 Å². The van der Waals surface area contributed by atoms with E-state index in [4.69, 9.17) is 16.3 Å². The Morgan fingerprint density at radius 1 is 1.23 bits per heavy atom. The van der Waals surface area contributed by atoms with Crippen LogP contribution in [0.2, 0.25) is 5.02 Å². The number of hydrogen-bond acceptors (Lipinski definition) is 5. The number of aromatic nitrogens is 4. The van der Waals surface area contributed by atoms with Gasteiger partial charge in [0.05, 0.1) is 7.11 Å². The summed E-state index contributed by atoms with van der Waals surface area (Å²) in [6.07, 6.45) is 0. The number of halogens is 1. The van der Waals surface area contributed by atoms with E-state index >= 15 is 0 Å². The molecule has 0 radical (unpaired) electrons. The van der Waals surface area contributed by atoms with Crippen molar-refractivity contribution in [3.63, 3.8) is 0 Å². The molecule has 0 saturated heterocycles. The summed E-state index contributed by atoms with van der Waals surface area (Å²) >= 11 is 5.88. The molecule has 1 heterocycles. The van der Waals surface area contributed by atoms with Crippen molar-refractivity contribution in [2.75, 3.05) is 7.11 Å². The highest BCUT2D eigenvalue weighted by atomic mass is 35.5. The van der Waals surface area contributed by atoms with Gasteiger partial charge in [-0.25, -0.2) is 0 Å². The second-order valence-electron chi connectivity index (χ2n) is 5.65. The zero-order valence-electron chi connectivity index (χ0n) is 14.4. The largest absolute Gasteiger partial charge is 0.496 e. The Kier molecular flexibility index (Phi) is 5.48. The van der Waals surface area contributed by atoms with Crippen molar-refractivity contribution >= 4 is 17.5 Å². The predicted octanol–water partition coefficient (Wildman–Crippen LogP) is 2.88. The maximum atomic E-state index is 12.4. The van der Waals surface area contributed by atoms with Crippen LogP contribution in [0.3, 0.4) is 0 Å². The predicted molar refractivity (Wildman–Crippen MR) is 97.8 cm³/mol. The number of nitrogens with zero attached hydrogens (tertiary/aromatic N) is 4. The monoisotopic (exact) mass is 371 g/mol. The number of para-hydroxylation sites is 1. The van der Waals surface area contributed by atoms with Gasteiger partial charge in [0.2, 0.25) is 11.7 Å². The number of nitrogens with one attached hydrogen (secondary N) is 1. The van der Waals surface area contributed by atoms with Crippen LogP contribution in [-0.2, 0) is 11.3 Å². The first-order valence-corrected chi connectivity index (χ1v) is 8.41. The molecular formula is C18H18ClN5O2. The van der Waals surface area contributed by atoms with Crippen molar-refractivity contribution in [1.82, 2.24) is 25.5 Å². The first-order valence-electron chi connectivity index (χ1n) is 8.03. The van der Waals surface area contributed by atoms with Gasteiger partial charge in [0.15, 0.2) is 0 Å². The van der Waals surface area contributed by atoms with E-state index in [2.05, 4.69) is 20.7 Å². The van der Waals surface area contributed by atoms with E-state index in [1.165, 1.54) is 4.80 Å². The van der Waals surface area contributed by atoms with Crippen LogP contribution in [0.5, 0.6) is 5.75 Å². The molecule has 0 saturated carbocycles. The maximum Gasteiger partial charge on any atom is 0.246 e. The molecule has 0 spiro atoms. The number of rotatable bonds is 6. The van der Waals surface area contributed by atoms with Gasteiger partial charge in [0, 0.05) is 22.7 Å². The van der Waals surface area contributed by atoms with Crippen molar-refractivity contribution in [3.05, 3.63) is 59.1 Å². The molecule has 0 aliphatic heterocycles. The molecule has 0 unspecified atom stereocenters. The average molecular weight is 372 g/mol. The Hall–Kier alpha value is -2.93. The fourth-order valence-corrected chi connectivity index (χ4v) is 2.51. The van der Waals surface area contributed by atoms with Crippen LogP contribution in [0, 0.1) is 0 Å². The molecule has 0 bridgehead atoms.